The summed E-state index contributed by atoms with van der Waals surface area (Å²) in [6, 6.07) is 20.6. The van der Waals surface area contributed by atoms with Crippen molar-refractivity contribution in [2.45, 2.75) is 19.3 Å². The Labute approximate surface area is 130 Å². The van der Waals surface area contributed by atoms with E-state index < -0.39 is 11.8 Å². The van der Waals surface area contributed by atoms with Gasteiger partial charge in [0.1, 0.15) is 5.92 Å². The number of carbonyl (C=O) groups is 1. The minimum atomic E-state index is -0.836. The average Bonchev–Trinajstić information content (AvgIpc) is 2.56. The van der Waals surface area contributed by atoms with Gasteiger partial charge in [0, 0.05) is 17.9 Å². The van der Waals surface area contributed by atoms with Gasteiger partial charge in [-0.3, -0.25) is 4.79 Å². The summed E-state index contributed by atoms with van der Waals surface area (Å²) in [5.41, 5.74) is 2.54. The number of benzene rings is 2. The van der Waals surface area contributed by atoms with Gasteiger partial charge in [-0.05, 0) is 12.5 Å². The van der Waals surface area contributed by atoms with E-state index >= 15 is 0 Å². The van der Waals surface area contributed by atoms with Crippen molar-refractivity contribution in [1.29, 1.82) is 10.5 Å². The van der Waals surface area contributed by atoms with E-state index in [-0.39, 0.29) is 12.2 Å². The minimum Gasteiger partial charge on any atom is -0.294 e. The third-order valence-electron chi connectivity index (χ3n) is 3.69. The molecule has 2 rings (SSSR count). The van der Waals surface area contributed by atoms with E-state index in [9.17, 15) is 15.3 Å². The molecule has 0 saturated carbocycles. The van der Waals surface area contributed by atoms with Gasteiger partial charge >= 0.3 is 0 Å². The van der Waals surface area contributed by atoms with Crippen LogP contribution in [-0.2, 0) is 0 Å². The fourth-order valence-electron chi connectivity index (χ4n) is 2.39. The molecule has 0 radical (unpaired) electrons. The molecule has 3 heteroatoms. The van der Waals surface area contributed by atoms with Gasteiger partial charge in [-0.2, -0.15) is 10.5 Å². The molecule has 0 saturated heterocycles. The van der Waals surface area contributed by atoms with E-state index in [0.29, 0.717) is 5.56 Å². The van der Waals surface area contributed by atoms with Crippen molar-refractivity contribution in [3.05, 3.63) is 71.3 Å². The van der Waals surface area contributed by atoms with Crippen LogP contribution in [0.2, 0.25) is 0 Å². The molecule has 0 aliphatic carbocycles. The number of nitriles is 2. The predicted molar refractivity (Wildman–Crippen MR) is 84.0 cm³/mol. The van der Waals surface area contributed by atoms with Crippen LogP contribution in [0.15, 0.2) is 54.6 Å². The summed E-state index contributed by atoms with van der Waals surface area (Å²) in [6.07, 6.45) is 0.152. The fraction of sp³-hybridized carbons (Fsp3) is 0.211. The van der Waals surface area contributed by atoms with E-state index in [4.69, 9.17) is 0 Å². The minimum absolute atomic E-state index is 0.0515. The molecule has 2 aromatic carbocycles. The summed E-state index contributed by atoms with van der Waals surface area (Å²) >= 11 is 0. The molecular formula is C19H16N2O. The molecule has 22 heavy (non-hydrogen) atoms. The summed E-state index contributed by atoms with van der Waals surface area (Å²) in [7, 11) is 0. The summed E-state index contributed by atoms with van der Waals surface area (Å²) < 4.78 is 0. The lowest BCUT2D eigenvalue weighted by molar-refractivity contribution is 0.0971. The van der Waals surface area contributed by atoms with Crippen LogP contribution in [0.3, 0.4) is 0 Å². The zero-order valence-corrected chi connectivity index (χ0v) is 12.4. The van der Waals surface area contributed by atoms with Crippen LogP contribution in [0.5, 0.6) is 0 Å². The SMILES string of the molecule is Cc1ccc(C(=O)CC(c2ccccc2)C(C#N)C#N)cc1. The molecule has 108 valence electrons. The summed E-state index contributed by atoms with van der Waals surface area (Å²) in [5, 5.41) is 18.4. The number of nitrogens with zero attached hydrogens (tertiary/aromatic N) is 2. The van der Waals surface area contributed by atoms with Crippen LogP contribution in [0.1, 0.15) is 33.8 Å². The number of hydrogen-bond acceptors (Lipinski definition) is 3. The molecule has 0 aliphatic rings. The maximum absolute atomic E-state index is 12.5. The van der Waals surface area contributed by atoms with Crippen molar-refractivity contribution < 1.29 is 4.79 Å². The smallest absolute Gasteiger partial charge is 0.163 e. The molecule has 2 aromatic rings. The van der Waals surface area contributed by atoms with Gasteiger partial charge in [0.2, 0.25) is 0 Å². The number of Topliss-reactive ketones (excluding diaryl/α,β-unsaturated/α-hetero) is 1. The Balaban J connectivity index is 2.27. The van der Waals surface area contributed by atoms with E-state index in [1.807, 2.05) is 61.5 Å². The summed E-state index contributed by atoms with van der Waals surface area (Å²) in [4.78, 5) is 12.5. The Morgan fingerprint density at radius 2 is 1.59 bits per heavy atom. The molecule has 0 heterocycles. The lowest BCUT2D eigenvalue weighted by atomic mass is 9.83. The van der Waals surface area contributed by atoms with Gasteiger partial charge in [-0.15, -0.1) is 0 Å². The summed E-state index contributed by atoms with van der Waals surface area (Å²) in [6.45, 7) is 1.96. The van der Waals surface area contributed by atoms with E-state index in [1.165, 1.54) is 0 Å². The van der Waals surface area contributed by atoms with E-state index in [1.54, 1.807) is 12.1 Å². The van der Waals surface area contributed by atoms with E-state index in [0.717, 1.165) is 11.1 Å². The van der Waals surface area contributed by atoms with Crippen molar-refractivity contribution in [2.24, 2.45) is 5.92 Å². The van der Waals surface area contributed by atoms with Gasteiger partial charge in [-0.25, -0.2) is 0 Å². The second-order valence-electron chi connectivity index (χ2n) is 5.25. The van der Waals surface area contributed by atoms with Gasteiger partial charge in [-0.1, -0.05) is 60.2 Å². The highest BCUT2D eigenvalue weighted by molar-refractivity contribution is 5.96. The Morgan fingerprint density at radius 1 is 1.00 bits per heavy atom. The number of carbonyl (C=O) groups excluding carboxylic acids is 1. The van der Waals surface area contributed by atoms with Crippen LogP contribution in [0.4, 0.5) is 0 Å². The summed E-state index contributed by atoms with van der Waals surface area (Å²) in [5.74, 6) is -1.30. The third-order valence-corrected chi connectivity index (χ3v) is 3.69. The lowest BCUT2D eigenvalue weighted by Gasteiger charge is -2.17. The van der Waals surface area contributed by atoms with Crippen LogP contribution in [0.25, 0.3) is 0 Å². The predicted octanol–water partition coefficient (Wildman–Crippen LogP) is 4.01. The normalized spacial score (nSPS) is 11.5. The quantitative estimate of drug-likeness (QED) is 0.781. The molecule has 3 nitrogen and oxygen atoms in total. The van der Waals surface area contributed by atoms with Gasteiger partial charge in [0.25, 0.3) is 0 Å². The largest absolute Gasteiger partial charge is 0.294 e. The molecular weight excluding hydrogens is 272 g/mol. The van der Waals surface area contributed by atoms with Gasteiger partial charge in [0.05, 0.1) is 12.1 Å². The monoisotopic (exact) mass is 288 g/mol. The molecule has 0 spiro atoms. The number of ketones is 1. The van der Waals surface area contributed by atoms with Crippen molar-refractivity contribution in [3.8, 4) is 12.1 Å². The standard InChI is InChI=1S/C19H16N2O/c1-14-7-9-16(10-8-14)19(22)11-18(17(12-20)13-21)15-5-3-2-4-6-15/h2-10,17-18H,11H2,1H3. The van der Waals surface area contributed by atoms with Crippen molar-refractivity contribution >= 4 is 5.78 Å². The van der Waals surface area contributed by atoms with Crippen LogP contribution in [-0.4, -0.2) is 5.78 Å². The molecule has 1 unspecified atom stereocenters. The number of aryl methyl sites for hydroxylation is 1. The highest BCUT2D eigenvalue weighted by Crippen LogP contribution is 2.29. The first-order chi connectivity index (χ1) is 10.7. The first-order valence-electron chi connectivity index (χ1n) is 7.09. The maximum Gasteiger partial charge on any atom is 0.163 e. The zero-order chi connectivity index (χ0) is 15.9. The second-order valence-corrected chi connectivity index (χ2v) is 5.25. The van der Waals surface area contributed by atoms with Crippen LogP contribution in [0, 0.1) is 35.5 Å². The van der Waals surface area contributed by atoms with E-state index in [2.05, 4.69) is 0 Å². The van der Waals surface area contributed by atoms with Gasteiger partial charge in [0.15, 0.2) is 5.78 Å². The maximum atomic E-state index is 12.5. The first-order valence-corrected chi connectivity index (χ1v) is 7.09. The topological polar surface area (TPSA) is 64.7 Å². The Morgan fingerprint density at radius 3 is 2.14 bits per heavy atom. The van der Waals surface area contributed by atoms with Crippen molar-refractivity contribution in [1.82, 2.24) is 0 Å². The Hall–Kier alpha value is -2.91. The Kier molecular flexibility index (Phi) is 5.07. The second kappa shape index (κ2) is 7.20. The first kappa shape index (κ1) is 15.5. The molecule has 0 fully saturated rings. The number of hydrogen-bond donors (Lipinski definition) is 0. The van der Waals surface area contributed by atoms with Crippen molar-refractivity contribution in [2.75, 3.05) is 0 Å². The number of rotatable bonds is 5. The molecule has 0 bridgehead atoms. The highest BCUT2D eigenvalue weighted by atomic mass is 16.1. The lowest BCUT2D eigenvalue weighted by Crippen LogP contribution is -2.15. The van der Waals surface area contributed by atoms with Gasteiger partial charge < -0.3 is 0 Å². The molecule has 1 atom stereocenters. The molecule has 0 N–H and O–H groups in total. The molecule has 0 aliphatic heterocycles. The molecule has 0 aromatic heterocycles. The highest BCUT2D eigenvalue weighted by Gasteiger charge is 2.26. The molecule has 0 amide bonds. The van der Waals surface area contributed by atoms with Crippen LogP contribution < -0.4 is 0 Å². The van der Waals surface area contributed by atoms with Crippen LogP contribution >= 0.6 is 0 Å². The third kappa shape index (κ3) is 3.59. The average molecular weight is 288 g/mol. The Bertz CT molecular complexity index is 707. The zero-order valence-electron chi connectivity index (χ0n) is 12.4. The van der Waals surface area contributed by atoms with Crippen molar-refractivity contribution in [3.63, 3.8) is 0 Å². The fourth-order valence-corrected chi connectivity index (χ4v) is 2.39.